The number of hydrogen-bond acceptors (Lipinski definition) is 2. The van der Waals surface area contributed by atoms with Crippen LogP contribution < -0.4 is 15.4 Å². The third-order valence-corrected chi connectivity index (χ3v) is 3.52. The van der Waals surface area contributed by atoms with Crippen molar-refractivity contribution in [2.45, 2.75) is 26.9 Å². The summed E-state index contributed by atoms with van der Waals surface area (Å²) in [5, 5.41) is 6.65. The second-order valence-corrected chi connectivity index (χ2v) is 5.31. The highest BCUT2D eigenvalue weighted by atomic mass is 127. The summed E-state index contributed by atoms with van der Waals surface area (Å²) in [5.74, 6) is 1.69. The lowest BCUT2D eigenvalue weighted by molar-refractivity contribution is 0.336. The SMILES string of the molecule is CCOc1ccccc1CNC(=NC)NCc1ccc(C)cc1.I. The first-order valence-electron chi connectivity index (χ1n) is 7.93. The van der Waals surface area contributed by atoms with Crippen LogP contribution in [0.2, 0.25) is 0 Å². The fourth-order valence-electron chi connectivity index (χ4n) is 2.24. The summed E-state index contributed by atoms with van der Waals surface area (Å²) < 4.78 is 5.64. The number of aliphatic imine (C=N–C) groups is 1. The third kappa shape index (κ3) is 6.39. The Hall–Kier alpha value is -1.76. The molecule has 0 saturated carbocycles. The number of rotatable bonds is 6. The topological polar surface area (TPSA) is 45.6 Å². The van der Waals surface area contributed by atoms with E-state index in [-0.39, 0.29) is 24.0 Å². The quantitative estimate of drug-likeness (QED) is 0.408. The summed E-state index contributed by atoms with van der Waals surface area (Å²) in [6.45, 7) is 6.16. The average Bonchev–Trinajstić information content (AvgIpc) is 2.58. The van der Waals surface area contributed by atoms with E-state index in [1.807, 2.05) is 25.1 Å². The van der Waals surface area contributed by atoms with Crippen molar-refractivity contribution in [3.63, 3.8) is 0 Å². The van der Waals surface area contributed by atoms with Crippen LogP contribution in [0.4, 0.5) is 0 Å². The molecule has 130 valence electrons. The van der Waals surface area contributed by atoms with E-state index in [0.717, 1.165) is 23.8 Å². The third-order valence-electron chi connectivity index (χ3n) is 3.52. The van der Waals surface area contributed by atoms with Crippen LogP contribution in [0, 0.1) is 6.92 Å². The predicted molar refractivity (Wildman–Crippen MR) is 111 cm³/mol. The Morgan fingerprint density at radius 3 is 2.33 bits per heavy atom. The molecule has 2 aromatic carbocycles. The standard InChI is InChI=1S/C19H25N3O.HI/c1-4-23-18-8-6-5-7-17(18)14-22-19(20-3)21-13-16-11-9-15(2)10-12-16;/h5-12H,4,13-14H2,1-3H3,(H2,20,21,22);1H. The number of nitrogens with one attached hydrogen (secondary N) is 2. The van der Waals surface area contributed by atoms with Crippen LogP contribution in [0.5, 0.6) is 5.75 Å². The van der Waals surface area contributed by atoms with Crippen LogP contribution in [0.1, 0.15) is 23.6 Å². The Kier molecular flexibility index (Phi) is 9.22. The lowest BCUT2D eigenvalue weighted by Gasteiger charge is -2.14. The minimum absolute atomic E-state index is 0. The molecule has 0 atom stereocenters. The molecule has 0 fully saturated rings. The Morgan fingerprint density at radius 1 is 1.00 bits per heavy atom. The van der Waals surface area contributed by atoms with E-state index < -0.39 is 0 Å². The summed E-state index contributed by atoms with van der Waals surface area (Å²) in [5.41, 5.74) is 3.62. The van der Waals surface area contributed by atoms with Gasteiger partial charge in [0.05, 0.1) is 6.61 Å². The van der Waals surface area contributed by atoms with Crippen molar-refractivity contribution in [2.75, 3.05) is 13.7 Å². The molecular formula is C19H26IN3O. The Labute approximate surface area is 161 Å². The van der Waals surface area contributed by atoms with Gasteiger partial charge in [0.15, 0.2) is 5.96 Å². The van der Waals surface area contributed by atoms with Crippen LogP contribution in [0.3, 0.4) is 0 Å². The Bertz CT molecular complexity index is 641. The lowest BCUT2D eigenvalue weighted by atomic mass is 10.1. The number of para-hydroxylation sites is 1. The van der Waals surface area contributed by atoms with Gasteiger partial charge >= 0.3 is 0 Å². The van der Waals surface area contributed by atoms with Crippen molar-refractivity contribution >= 4 is 29.9 Å². The van der Waals surface area contributed by atoms with Crippen molar-refractivity contribution in [1.29, 1.82) is 0 Å². The van der Waals surface area contributed by atoms with Crippen molar-refractivity contribution in [1.82, 2.24) is 10.6 Å². The van der Waals surface area contributed by atoms with E-state index in [1.165, 1.54) is 11.1 Å². The largest absolute Gasteiger partial charge is 0.494 e. The molecule has 0 aliphatic carbocycles. The van der Waals surface area contributed by atoms with Gasteiger partial charge < -0.3 is 15.4 Å². The molecule has 24 heavy (non-hydrogen) atoms. The number of benzene rings is 2. The van der Waals surface area contributed by atoms with E-state index in [1.54, 1.807) is 7.05 Å². The van der Waals surface area contributed by atoms with E-state index in [2.05, 4.69) is 52.9 Å². The number of nitrogens with zero attached hydrogens (tertiary/aromatic N) is 1. The molecule has 5 heteroatoms. The molecule has 4 nitrogen and oxygen atoms in total. The summed E-state index contributed by atoms with van der Waals surface area (Å²) in [6.07, 6.45) is 0. The van der Waals surface area contributed by atoms with E-state index in [4.69, 9.17) is 4.74 Å². The zero-order valence-electron chi connectivity index (χ0n) is 14.5. The molecule has 2 rings (SSSR count). The molecule has 2 aromatic rings. The smallest absolute Gasteiger partial charge is 0.191 e. The monoisotopic (exact) mass is 439 g/mol. The molecule has 0 amide bonds. The van der Waals surface area contributed by atoms with E-state index in [9.17, 15) is 0 Å². The average molecular weight is 439 g/mol. The molecule has 0 aliphatic heterocycles. The molecule has 0 saturated heterocycles. The zero-order chi connectivity index (χ0) is 16.5. The van der Waals surface area contributed by atoms with E-state index in [0.29, 0.717) is 13.2 Å². The van der Waals surface area contributed by atoms with Crippen molar-refractivity contribution in [3.8, 4) is 5.75 Å². The second kappa shape index (κ2) is 10.9. The zero-order valence-corrected chi connectivity index (χ0v) is 16.8. The van der Waals surface area contributed by atoms with Gasteiger partial charge in [-0.15, -0.1) is 24.0 Å². The molecule has 0 aromatic heterocycles. The van der Waals surface area contributed by atoms with E-state index >= 15 is 0 Å². The number of aryl methyl sites for hydroxylation is 1. The molecule has 0 bridgehead atoms. The van der Waals surface area contributed by atoms with Gasteiger partial charge in [-0.05, 0) is 25.5 Å². The van der Waals surface area contributed by atoms with Gasteiger partial charge in [-0.1, -0.05) is 48.0 Å². The number of hydrogen-bond donors (Lipinski definition) is 2. The van der Waals surface area contributed by atoms with Crippen LogP contribution in [0.15, 0.2) is 53.5 Å². The molecule has 0 aliphatic rings. The van der Waals surface area contributed by atoms with Crippen molar-refractivity contribution in [2.24, 2.45) is 4.99 Å². The summed E-state index contributed by atoms with van der Waals surface area (Å²) in [6, 6.07) is 16.5. The van der Waals surface area contributed by atoms with Crippen LogP contribution in [-0.2, 0) is 13.1 Å². The highest BCUT2D eigenvalue weighted by Crippen LogP contribution is 2.17. The molecule has 0 radical (unpaired) electrons. The van der Waals surface area contributed by atoms with Gasteiger partial charge in [-0.2, -0.15) is 0 Å². The molecule has 0 unspecified atom stereocenters. The minimum Gasteiger partial charge on any atom is -0.494 e. The Balaban J connectivity index is 0.00000288. The maximum Gasteiger partial charge on any atom is 0.191 e. The second-order valence-electron chi connectivity index (χ2n) is 5.31. The first-order valence-corrected chi connectivity index (χ1v) is 7.93. The number of halogens is 1. The van der Waals surface area contributed by atoms with Crippen LogP contribution in [-0.4, -0.2) is 19.6 Å². The van der Waals surface area contributed by atoms with Gasteiger partial charge in [0.1, 0.15) is 5.75 Å². The first kappa shape index (κ1) is 20.3. The molecule has 0 spiro atoms. The molecule has 0 heterocycles. The molecule has 2 N–H and O–H groups in total. The predicted octanol–water partition coefficient (Wildman–Crippen LogP) is 3.88. The summed E-state index contributed by atoms with van der Waals surface area (Å²) >= 11 is 0. The number of ether oxygens (including phenoxy) is 1. The number of guanidine groups is 1. The van der Waals surface area contributed by atoms with Gasteiger partial charge in [-0.25, -0.2) is 0 Å². The normalized spacial score (nSPS) is 10.7. The van der Waals surface area contributed by atoms with Gasteiger partial charge in [0.25, 0.3) is 0 Å². The van der Waals surface area contributed by atoms with Gasteiger partial charge in [0, 0.05) is 25.7 Å². The first-order chi connectivity index (χ1) is 11.2. The summed E-state index contributed by atoms with van der Waals surface area (Å²) in [4.78, 5) is 4.26. The van der Waals surface area contributed by atoms with Crippen LogP contribution in [0.25, 0.3) is 0 Å². The molecular weight excluding hydrogens is 413 g/mol. The highest BCUT2D eigenvalue weighted by molar-refractivity contribution is 14.0. The van der Waals surface area contributed by atoms with Crippen LogP contribution >= 0.6 is 24.0 Å². The Morgan fingerprint density at radius 2 is 1.67 bits per heavy atom. The van der Waals surface area contributed by atoms with Gasteiger partial charge in [0.2, 0.25) is 0 Å². The van der Waals surface area contributed by atoms with Crippen molar-refractivity contribution < 1.29 is 4.74 Å². The fourth-order valence-corrected chi connectivity index (χ4v) is 2.24. The van der Waals surface area contributed by atoms with Gasteiger partial charge in [-0.3, -0.25) is 4.99 Å². The summed E-state index contributed by atoms with van der Waals surface area (Å²) in [7, 11) is 1.78. The fraction of sp³-hybridized carbons (Fsp3) is 0.316. The minimum atomic E-state index is 0. The maximum atomic E-state index is 5.64. The van der Waals surface area contributed by atoms with Crippen molar-refractivity contribution in [3.05, 3.63) is 65.2 Å². The highest BCUT2D eigenvalue weighted by Gasteiger charge is 2.04. The lowest BCUT2D eigenvalue weighted by Crippen LogP contribution is -2.36. The maximum absolute atomic E-state index is 5.64.